The molecule has 0 radical (unpaired) electrons. The average Bonchev–Trinajstić information content (AvgIpc) is 2.48. The van der Waals surface area contributed by atoms with Crippen molar-refractivity contribution >= 4 is 17.3 Å². The molecule has 0 bridgehead atoms. The van der Waals surface area contributed by atoms with Crippen LogP contribution in [0.25, 0.3) is 0 Å². The number of benzene rings is 1. The first-order chi connectivity index (χ1) is 10.0. The maximum absolute atomic E-state index is 9.54. The third-order valence-corrected chi connectivity index (χ3v) is 3.53. The molecule has 0 spiro atoms. The minimum atomic E-state index is -0.0947. The second kappa shape index (κ2) is 6.87. The van der Waals surface area contributed by atoms with Crippen molar-refractivity contribution < 1.29 is 5.11 Å². The zero-order chi connectivity index (χ0) is 15.4. The van der Waals surface area contributed by atoms with Crippen molar-refractivity contribution in [3.63, 3.8) is 0 Å². The Morgan fingerprint density at radius 2 is 1.90 bits per heavy atom. The van der Waals surface area contributed by atoms with Crippen molar-refractivity contribution in [2.45, 2.75) is 32.9 Å². The molecule has 0 aliphatic carbocycles. The molecule has 0 atom stereocenters. The third-order valence-electron chi connectivity index (χ3n) is 3.27. The van der Waals surface area contributed by atoms with Crippen LogP contribution in [0.15, 0.2) is 30.5 Å². The number of nitrogens with zero attached hydrogens (tertiary/aromatic N) is 3. The van der Waals surface area contributed by atoms with Gasteiger partial charge in [0, 0.05) is 24.5 Å². The van der Waals surface area contributed by atoms with Gasteiger partial charge in [0.1, 0.15) is 5.82 Å². The first kappa shape index (κ1) is 15.7. The molecule has 112 valence electrons. The first-order valence-corrected chi connectivity index (χ1v) is 7.31. The molecule has 0 fully saturated rings. The summed E-state index contributed by atoms with van der Waals surface area (Å²) in [6.45, 7) is 4.68. The van der Waals surface area contributed by atoms with Gasteiger partial charge in [-0.05, 0) is 17.7 Å². The molecular weight excluding hydrogens is 286 g/mol. The number of aliphatic hydroxyl groups excluding tert-OH is 1. The second-order valence-corrected chi connectivity index (χ2v) is 5.79. The summed E-state index contributed by atoms with van der Waals surface area (Å²) in [5, 5.41) is 10.3. The van der Waals surface area contributed by atoms with Gasteiger partial charge in [-0.2, -0.15) is 0 Å². The molecule has 0 aliphatic heterocycles. The fraction of sp³-hybridized carbons (Fsp3) is 0.375. The zero-order valence-corrected chi connectivity index (χ0v) is 13.3. The van der Waals surface area contributed by atoms with Crippen molar-refractivity contribution in [3.05, 3.63) is 52.6 Å². The van der Waals surface area contributed by atoms with Crippen LogP contribution < -0.4 is 4.90 Å². The highest BCUT2D eigenvalue weighted by Gasteiger charge is 2.12. The predicted octanol–water partition coefficient (Wildman–Crippen LogP) is 3.38. The van der Waals surface area contributed by atoms with E-state index >= 15 is 0 Å². The Kier molecular flexibility index (Phi) is 5.15. The van der Waals surface area contributed by atoms with Gasteiger partial charge in [-0.15, -0.1) is 0 Å². The number of hydrogen-bond acceptors (Lipinski definition) is 4. The van der Waals surface area contributed by atoms with E-state index < -0.39 is 0 Å². The molecular formula is C16H20ClN3O. The normalized spacial score (nSPS) is 11.0. The van der Waals surface area contributed by atoms with Crippen molar-refractivity contribution in [2.75, 3.05) is 11.9 Å². The van der Waals surface area contributed by atoms with Crippen LogP contribution in [0.4, 0.5) is 5.69 Å². The van der Waals surface area contributed by atoms with E-state index in [1.807, 2.05) is 50.1 Å². The lowest BCUT2D eigenvalue weighted by molar-refractivity contribution is 0.276. The SMILES string of the molecule is CC(C)c1ncc(N(C)Cc2ccc(Cl)cc2)c(CO)n1. The zero-order valence-electron chi connectivity index (χ0n) is 12.5. The van der Waals surface area contributed by atoms with Crippen LogP contribution in [0.2, 0.25) is 5.02 Å². The van der Waals surface area contributed by atoms with Gasteiger partial charge in [0.15, 0.2) is 0 Å². The molecule has 1 heterocycles. The largest absolute Gasteiger partial charge is 0.390 e. The highest BCUT2D eigenvalue weighted by Crippen LogP contribution is 2.21. The van der Waals surface area contributed by atoms with Crippen molar-refractivity contribution in [1.82, 2.24) is 9.97 Å². The number of hydrogen-bond donors (Lipinski definition) is 1. The average molecular weight is 306 g/mol. The summed E-state index contributed by atoms with van der Waals surface area (Å²) in [5.74, 6) is 0.994. The van der Waals surface area contributed by atoms with E-state index in [9.17, 15) is 5.11 Å². The Morgan fingerprint density at radius 3 is 2.48 bits per heavy atom. The van der Waals surface area contributed by atoms with Gasteiger partial charge in [-0.1, -0.05) is 37.6 Å². The van der Waals surface area contributed by atoms with Crippen LogP contribution in [-0.4, -0.2) is 22.1 Å². The van der Waals surface area contributed by atoms with Crippen LogP contribution in [0.3, 0.4) is 0 Å². The molecule has 1 N–H and O–H groups in total. The molecule has 0 saturated carbocycles. The summed E-state index contributed by atoms with van der Waals surface area (Å²) in [5.41, 5.74) is 2.64. The van der Waals surface area contributed by atoms with E-state index in [4.69, 9.17) is 11.6 Å². The molecule has 2 aromatic rings. The Morgan fingerprint density at radius 1 is 1.24 bits per heavy atom. The summed E-state index contributed by atoms with van der Waals surface area (Å²) in [7, 11) is 1.96. The highest BCUT2D eigenvalue weighted by molar-refractivity contribution is 6.30. The lowest BCUT2D eigenvalue weighted by Gasteiger charge is -2.22. The van der Waals surface area contributed by atoms with Gasteiger partial charge >= 0.3 is 0 Å². The first-order valence-electron chi connectivity index (χ1n) is 6.93. The predicted molar refractivity (Wildman–Crippen MR) is 85.6 cm³/mol. The maximum Gasteiger partial charge on any atom is 0.131 e. The molecule has 21 heavy (non-hydrogen) atoms. The summed E-state index contributed by atoms with van der Waals surface area (Å²) in [6.07, 6.45) is 1.78. The van der Waals surface area contributed by atoms with Crippen LogP contribution in [0.1, 0.15) is 36.8 Å². The smallest absolute Gasteiger partial charge is 0.131 e. The van der Waals surface area contributed by atoms with Crippen LogP contribution in [0.5, 0.6) is 0 Å². The van der Waals surface area contributed by atoms with Crippen molar-refractivity contribution in [3.8, 4) is 0 Å². The fourth-order valence-corrected chi connectivity index (χ4v) is 2.21. The highest BCUT2D eigenvalue weighted by atomic mass is 35.5. The van der Waals surface area contributed by atoms with E-state index in [1.165, 1.54) is 0 Å². The summed E-state index contributed by atoms with van der Waals surface area (Å²) < 4.78 is 0. The minimum absolute atomic E-state index is 0.0947. The minimum Gasteiger partial charge on any atom is -0.390 e. The molecule has 0 amide bonds. The topological polar surface area (TPSA) is 49.2 Å². The van der Waals surface area contributed by atoms with Gasteiger partial charge in [0.05, 0.1) is 24.2 Å². The summed E-state index contributed by atoms with van der Waals surface area (Å²) >= 11 is 5.89. The van der Waals surface area contributed by atoms with Crippen molar-refractivity contribution in [2.24, 2.45) is 0 Å². The van der Waals surface area contributed by atoms with E-state index in [0.29, 0.717) is 12.2 Å². The molecule has 5 heteroatoms. The Labute approximate surface area is 130 Å². The van der Waals surface area contributed by atoms with Crippen molar-refractivity contribution in [1.29, 1.82) is 0 Å². The lowest BCUT2D eigenvalue weighted by Crippen LogP contribution is -2.20. The van der Waals surface area contributed by atoms with Crippen LogP contribution in [0, 0.1) is 0 Å². The Balaban J connectivity index is 2.22. The molecule has 2 rings (SSSR count). The summed E-state index contributed by atoms with van der Waals surface area (Å²) in [6, 6.07) is 7.72. The maximum atomic E-state index is 9.54. The Hall–Kier alpha value is -1.65. The molecule has 0 saturated heterocycles. The number of anilines is 1. The number of halogens is 1. The number of rotatable bonds is 5. The fourth-order valence-electron chi connectivity index (χ4n) is 2.09. The molecule has 1 aromatic heterocycles. The van der Waals surface area contributed by atoms with E-state index in [2.05, 4.69) is 9.97 Å². The van der Waals surface area contributed by atoms with Gasteiger partial charge in [-0.3, -0.25) is 0 Å². The third kappa shape index (κ3) is 3.93. The van der Waals surface area contributed by atoms with Gasteiger partial charge in [0.25, 0.3) is 0 Å². The molecule has 1 aromatic carbocycles. The van der Waals surface area contributed by atoms with Gasteiger partial charge < -0.3 is 10.0 Å². The van der Waals surface area contributed by atoms with Crippen LogP contribution in [-0.2, 0) is 13.2 Å². The van der Waals surface area contributed by atoms with E-state index in [-0.39, 0.29) is 12.5 Å². The molecule has 4 nitrogen and oxygen atoms in total. The second-order valence-electron chi connectivity index (χ2n) is 5.36. The van der Waals surface area contributed by atoms with Crippen LogP contribution >= 0.6 is 11.6 Å². The van der Waals surface area contributed by atoms with E-state index in [0.717, 1.165) is 22.1 Å². The standard InChI is InChI=1S/C16H20ClN3O/c1-11(2)16-18-8-15(14(10-21)19-16)20(3)9-12-4-6-13(17)7-5-12/h4-8,11,21H,9-10H2,1-3H3. The number of aliphatic hydroxyl groups is 1. The van der Waals surface area contributed by atoms with Gasteiger partial charge in [-0.25, -0.2) is 9.97 Å². The monoisotopic (exact) mass is 305 g/mol. The quantitative estimate of drug-likeness (QED) is 0.920. The molecule has 0 unspecified atom stereocenters. The van der Waals surface area contributed by atoms with Gasteiger partial charge in [0.2, 0.25) is 0 Å². The van der Waals surface area contributed by atoms with E-state index in [1.54, 1.807) is 6.20 Å². The summed E-state index contributed by atoms with van der Waals surface area (Å²) in [4.78, 5) is 10.8. The number of aromatic nitrogens is 2. The lowest BCUT2D eigenvalue weighted by atomic mass is 10.2. The molecule has 0 aliphatic rings. The Bertz CT molecular complexity index is 599.